The van der Waals surface area contributed by atoms with E-state index in [-0.39, 0.29) is 0 Å². The number of nitrogens with zero attached hydrogens (tertiary/aromatic N) is 3. The van der Waals surface area contributed by atoms with Crippen molar-refractivity contribution >= 4 is 43.9 Å². The lowest BCUT2D eigenvalue weighted by Crippen LogP contribution is -1.96. The van der Waals surface area contributed by atoms with E-state index in [1.807, 2.05) is 72.9 Å². The lowest BCUT2D eigenvalue weighted by atomic mass is 9.93. The van der Waals surface area contributed by atoms with Gasteiger partial charge >= 0.3 is 0 Å². The van der Waals surface area contributed by atoms with Crippen LogP contribution in [-0.2, 0) is 0 Å². The van der Waals surface area contributed by atoms with Crippen LogP contribution >= 0.6 is 0 Å². The molecule has 0 atom stereocenters. The van der Waals surface area contributed by atoms with Crippen LogP contribution in [0.2, 0.25) is 0 Å². The molecule has 0 aliphatic heterocycles. The number of pyridine rings is 1. The number of benzene rings is 7. The number of fused-ring (bicyclic) bond motifs is 6. The Labute approximate surface area is 322 Å². The minimum absolute atomic E-state index is 0.655. The zero-order valence-corrected chi connectivity index (χ0v) is 30.1. The molecule has 0 bridgehead atoms. The second kappa shape index (κ2) is 13.0. The van der Waals surface area contributed by atoms with Gasteiger partial charge in [-0.25, -0.2) is 9.97 Å². The molecule has 56 heavy (non-hydrogen) atoms. The summed E-state index contributed by atoms with van der Waals surface area (Å²) in [7, 11) is 0. The number of aromatic nitrogens is 3. The number of furan rings is 2. The Morgan fingerprint density at radius 2 is 0.946 bits per heavy atom. The molecule has 0 saturated carbocycles. The van der Waals surface area contributed by atoms with Crippen molar-refractivity contribution in [2.45, 2.75) is 0 Å². The van der Waals surface area contributed by atoms with Gasteiger partial charge in [-0.2, -0.15) is 0 Å². The highest BCUT2D eigenvalue weighted by atomic mass is 16.3. The Hall–Kier alpha value is -7.63. The molecular weight excluding hydrogens is 687 g/mol. The normalized spacial score (nSPS) is 11.6. The first-order valence-electron chi connectivity index (χ1n) is 18.7. The quantitative estimate of drug-likeness (QED) is 0.171. The maximum Gasteiger partial charge on any atom is 0.160 e. The van der Waals surface area contributed by atoms with Gasteiger partial charge in [0.25, 0.3) is 0 Å². The third-order valence-corrected chi connectivity index (χ3v) is 10.6. The van der Waals surface area contributed by atoms with E-state index in [0.717, 1.165) is 105 Å². The van der Waals surface area contributed by atoms with Crippen molar-refractivity contribution in [1.29, 1.82) is 0 Å². The Balaban J connectivity index is 1.03. The standard InChI is InChI=1S/C51H31N3O2/c1-2-12-33(13-3-1)44-31-45(54-51(53-44)36-15-10-14-35(30-36)43-20-8-9-29-52-43)34-25-23-32(24-26-34)37-27-28-39(48-42-17-5-7-22-47(42)56-50(37)48)41-19-11-18-40-38-16-4-6-21-46(38)55-49(40)41/h1-31H. The molecule has 0 fully saturated rings. The van der Waals surface area contributed by atoms with Gasteiger partial charge in [0.1, 0.15) is 22.3 Å². The largest absolute Gasteiger partial charge is 0.455 e. The van der Waals surface area contributed by atoms with E-state index < -0.39 is 0 Å². The fraction of sp³-hybridized carbons (Fsp3) is 0. The van der Waals surface area contributed by atoms with Crippen molar-refractivity contribution in [2.75, 3.05) is 0 Å². The van der Waals surface area contributed by atoms with E-state index in [2.05, 4.69) is 120 Å². The van der Waals surface area contributed by atoms with Gasteiger partial charge in [-0.05, 0) is 53.6 Å². The molecule has 5 nitrogen and oxygen atoms in total. The Morgan fingerprint density at radius 1 is 0.339 bits per heavy atom. The maximum atomic E-state index is 6.70. The zero-order chi connectivity index (χ0) is 37.0. The van der Waals surface area contributed by atoms with Gasteiger partial charge in [0, 0.05) is 61.1 Å². The van der Waals surface area contributed by atoms with E-state index in [0.29, 0.717) is 5.82 Å². The zero-order valence-electron chi connectivity index (χ0n) is 30.1. The molecule has 262 valence electrons. The second-order valence-electron chi connectivity index (χ2n) is 13.9. The predicted octanol–water partition coefficient (Wildman–Crippen LogP) is 13.7. The Morgan fingerprint density at radius 3 is 1.75 bits per heavy atom. The summed E-state index contributed by atoms with van der Waals surface area (Å²) in [5.74, 6) is 0.655. The molecule has 4 aromatic heterocycles. The maximum absolute atomic E-state index is 6.70. The highest BCUT2D eigenvalue weighted by Gasteiger charge is 2.21. The number of hydrogen-bond acceptors (Lipinski definition) is 5. The third-order valence-electron chi connectivity index (χ3n) is 10.6. The van der Waals surface area contributed by atoms with Crippen molar-refractivity contribution in [2.24, 2.45) is 0 Å². The summed E-state index contributed by atoms with van der Waals surface area (Å²) in [6.45, 7) is 0. The molecule has 0 unspecified atom stereocenters. The van der Waals surface area contributed by atoms with Gasteiger partial charge in [0.2, 0.25) is 0 Å². The molecule has 0 radical (unpaired) electrons. The molecule has 11 aromatic rings. The molecule has 0 amide bonds. The van der Waals surface area contributed by atoms with Crippen LogP contribution in [0.15, 0.2) is 197 Å². The molecule has 5 heteroatoms. The molecule has 0 aliphatic carbocycles. The Bertz CT molecular complexity index is 3240. The molecule has 4 heterocycles. The first-order chi connectivity index (χ1) is 27.7. The highest BCUT2D eigenvalue weighted by Crippen LogP contribution is 2.45. The Kier molecular flexibility index (Phi) is 7.42. The lowest BCUT2D eigenvalue weighted by Gasteiger charge is -2.12. The average molecular weight is 718 g/mol. The van der Waals surface area contributed by atoms with Crippen LogP contribution in [0.4, 0.5) is 0 Å². The van der Waals surface area contributed by atoms with Crippen molar-refractivity contribution in [3.63, 3.8) is 0 Å². The van der Waals surface area contributed by atoms with Crippen LogP contribution in [0.1, 0.15) is 0 Å². The topological polar surface area (TPSA) is 65.0 Å². The van der Waals surface area contributed by atoms with Crippen LogP contribution in [0.25, 0.3) is 111 Å². The molecule has 0 saturated heterocycles. The van der Waals surface area contributed by atoms with E-state index >= 15 is 0 Å². The molecule has 11 rings (SSSR count). The van der Waals surface area contributed by atoms with Gasteiger partial charge < -0.3 is 8.83 Å². The smallest absolute Gasteiger partial charge is 0.160 e. The molecule has 0 spiro atoms. The number of hydrogen-bond donors (Lipinski definition) is 0. The van der Waals surface area contributed by atoms with Crippen molar-refractivity contribution in [1.82, 2.24) is 15.0 Å². The van der Waals surface area contributed by atoms with Crippen LogP contribution < -0.4 is 0 Å². The number of para-hydroxylation sites is 3. The van der Waals surface area contributed by atoms with Crippen LogP contribution in [-0.4, -0.2) is 15.0 Å². The summed E-state index contributed by atoms with van der Waals surface area (Å²) in [5.41, 5.74) is 14.2. The summed E-state index contributed by atoms with van der Waals surface area (Å²) in [6.07, 6.45) is 1.81. The molecule has 0 aliphatic rings. The van der Waals surface area contributed by atoms with E-state index in [4.69, 9.17) is 18.8 Å². The second-order valence-corrected chi connectivity index (χ2v) is 13.9. The summed E-state index contributed by atoms with van der Waals surface area (Å²) < 4.78 is 13.2. The summed E-state index contributed by atoms with van der Waals surface area (Å²) in [6, 6.07) is 62.4. The van der Waals surface area contributed by atoms with E-state index in [1.54, 1.807) is 0 Å². The van der Waals surface area contributed by atoms with Crippen molar-refractivity contribution in [3.8, 4) is 67.4 Å². The van der Waals surface area contributed by atoms with Crippen molar-refractivity contribution in [3.05, 3.63) is 188 Å². The van der Waals surface area contributed by atoms with Crippen LogP contribution in [0.5, 0.6) is 0 Å². The predicted molar refractivity (Wildman–Crippen MR) is 227 cm³/mol. The van der Waals surface area contributed by atoms with Crippen LogP contribution in [0, 0.1) is 0 Å². The van der Waals surface area contributed by atoms with Crippen molar-refractivity contribution < 1.29 is 8.83 Å². The fourth-order valence-corrected chi connectivity index (χ4v) is 7.89. The van der Waals surface area contributed by atoms with Gasteiger partial charge in [0.05, 0.1) is 17.1 Å². The molecular formula is C51H31N3O2. The van der Waals surface area contributed by atoms with Gasteiger partial charge in [0.15, 0.2) is 5.82 Å². The molecule has 0 N–H and O–H groups in total. The van der Waals surface area contributed by atoms with E-state index in [9.17, 15) is 0 Å². The summed E-state index contributed by atoms with van der Waals surface area (Å²) >= 11 is 0. The number of rotatable bonds is 6. The SMILES string of the molecule is c1ccc(-c2cc(-c3ccc(-c4ccc(-c5cccc6c5oc5ccccc56)c5c4oc4ccccc45)cc3)nc(-c3cccc(-c4ccccn4)c3)n2)cc1. The fourth-order valence-electron chi connectivity index (χ4n) is 7.89. The van der Waals surface area contributed by atoms with Gasteiger partial charge in [-0.15, -0.1) is 0 Å². The monoisotopic (exact) mass is 717 g/mol. The highest BCUT2D eigenvalue weighted by molar-refractivity contribution is 6.19. The average Bonchev–Trinajstić information content (AvgIpc) is 3.86. The lowest BCUT2D eigenvalue weighted by molar-refractivity contribution is 0.669. The first-order valence-corrected chi connectivity index (χ1v) is 18.7. The third kappa shape index (κ3) is 5.37. The van der Waals surface area contributed by atoms with E-state index in [1.165, 1.54) is 0 Å². The van der Waals surface area contributed by atoms with Gasteiger partial charge in [-0.1, -0.05) is 140 Å². The van der Waals surface area contributed by atoms with Gasteiger partial charge in [-0.3, -0.25) is 4.98 Å². The van der Waals surface area contributed by atoms with Crippen LogP contribution in [0.3, 0.4) is 0 Å². The first kappa shape index (κ1) is 31.9. The minimum atomic E-state index is 0.655. The summed E-state index contributed by atoms with van der Waals surface area (Å²) in [5, 5.41) is 4.34. The minimum Gasteiger partial charge on any atom is -0.455 e. The molecule has 7 aromatic carbocycles. The summed E-state index contributed by atoms with van der Waals surface area (Å²) in [4.78, 5) is 14.8.